The first-order valence-electron chi connectivity index (χ1n) is 10.2. The Morgan fingerprint density at radius 2 is 1.55 bits per heavy atom. The number of piperazine rings is 1. The van der Waals surface area contributed by atoms with E-state index in [-0.39, 0.29) is 11.8 Å². The number of pyridine rings is 1. The van der Waals surface area contributed by atoms with E-state index in [1.54, 1.807) is 12.4 Å². The number of nitrogens with zero attached hydrogens (tertiary/aromatic N) is 4. The molecule has 0 radical (unpaired) electrons. The van der Waals surface area contributed by atoms with E-state index in [1.165, 1.54) is 0 Å². The van der Waals surface area contributed by atoms with Crippen molar-refractivity contribution in [3.8, 4) is 0 Å². The average Bonchev–Trinajstić information content (AvgIpc) is 3.16. The lowest BCUT2D eigenvalue weighted by Gasteiger charge is -2.34. The maximum Gasteiger partial charge on any atom is 0.414 e. The smallest absolute Gasteiger partial charge is 0.414 e. The predicted octanol–water partition coefficient (Wildman–Crippen LogP) is 1.26. The van der Waals surface area contributed by atoms with Gasteiger partial charge >= 0.3 is 11.9 Å². The second kappa shape index (κ2) is 10.4. The van der Waals surface area contributed by atoms with Crippen LogP contribution >= 0.6 is 0 Å². The van der Waals surface area contributed by atoms with Crippen LogP contribution in [0.3, 0.4) is 0 Å². The summed E-state index contributed by atoms with van der Waals surface area (Å²) in [6.45, 7) is 2.24. The van der Waals surface area contributed by atoms with Gasteiger partial charge in [0.15, 0.2) is 0 Å². The number of hydrogen-bond donors (Lipinski definition) is 2. The van der Waals surface area contributed by atoms with E-state index in [1.807, 2.05) is 64.0 Å². The maximum atomic E-state index is 13.0. The van der Waals surface area contributed by atoms with Crippen LogP contribution in [0.4, 0.5) is 0 Å². The van der Waals surface area contributed by atoms with Gasteiger partial charge in [-0.25, -0.2) is 9.59 Å². The average molecular weight is 452 g/mol. The van der Waals surface area contributed by atoms with Gasteiger partial charge in [-0.2, -0.15) is 0 Å². The Balaban J connectivity index is 0.000000454. The van der Waals surface area contributed by atoms with Gasteiger partial charge in [-0.15, -0.1) is 0 Å². The lowest BCUT2D eigenvalue weighted by Crippen LogP contribution is -2.51. The first kappa shape index (κ1) is 23.5. The highest BCUT2D eigenvalue weighted by atomic mass is 16.4. The van der Waals surface area contributed by atoms with E-state index in [0.29, 0.717) is 32.6 Å². The summed E-state index contributed by atoms with van der Waals surface area (Å²) in [5.74, 6) is -3.53. The Kier molecular flexibility index (Phi) is 7.39. The summed E-state index contributed by atoms with van der Waals surface area (Å²) in [7, 11) is 1.95. The number of aromatic nitrogens is 2. The van der Waals surface area contributed by atoms with Crippen molar-refractivity contribution in [2.24, 2.45) is 7.05 Å². The molecule has 1 saturated heterocycles. The molecule has 4 rings (SSSR count). The second-order valence-electron chi connectivity index (χ2n) is 7.49. The molecule has 1 aliphatic rings. The third-order valence-corrected chi connectivity index (χ3v) is 5.31. The van der Waals surface area contributed by atoms with Gasteiger partial charge < -0.3 is 24.6 Å². The van der Waals surface area contributed by atoms with Gasteiger partial charge in [0.25, 0.3) is 5.91 Å². The van der Waals surface area contributed by atoms with Crippen molar-refractivity contribution >= 4 is 34.7 Å². The number of aliphatic carboxylic acids is 2. The summed E-state index contributed by atoms with van der Waals surface area (Å²) in [4.78, 5) is 51.4. The maximum absolute atomic E-state index is 13.0. The number of carboxylic acids is 2. The van der Waals surface area contributed by atoms with Crippen LogP contribution in [0, 0.1) is 0 Å². The molecule has 2 aromatic heterocycles. The highest BCUT2D eigenvalue weighted by molar-refractivity contribution is 6.27. The molecule has 3 heterocycles. The van der Waals surface area contributed by atoms with Gasteiger partial charge in [-0.1, -0.05) is 24.3 Å². The minimum atomic E-state index is -1.82. The number of benzene rings is 1. The van der Waals surface area contributed by atoms with Crippen LogP contribution < -0.4 is 0 Å². The van der Waals surface area contributed by atoms with Crippen LogP contribution in [0.2, 0.25) is 0 Å². The number of hydrogen-bond acceptors (Lipinski definition) is 5. The van der Waals surface area contributed by atoms with E-state index in [0.717, 1.165) is 22.0 Å². The van der Waals surface area contributed by atoms with Gasteiger partial charge in [0.1, 0.15) is 0 Å². The van der Waals surface area contributed by atoms with E-state index in [9.17, 15) is 9.59 Å². The van der Waals surface area contributed by atoms with E-state index >= 15 is 0 Å². The summed E-state index contributed by atoms with van der Waals surface area (Å²) in [6.07, 6.45) is 5.67. The van der Waals surface area contributed by atoms with Crippen molar-refractivity contribution in [2.45, 2.75) is 6.42 Å². The number of carboxylic acid groups (broad SMARTS) is 2. The molecule has 2 N–H and O–H groups in total. The van der Waals surface area contributed by atoms with Gasteiger partial charge in [-0.05, 0) is 17.7 Å². The van der Waals surface area contributed by atoms with E-state index in [4.69, 9.17) is 19.8 Å². The molecule has 0 atom stereocenters. The molecular formula is C23H24N4O6. The highest BCUT2D eigenvalue weighted by Gasteiger charge is 2.26. The molecule has 172 valence electrons. The molecule has 33 heavy (non-hydrogen) atoms. The van der Waals surface area contributed by atoms with Crippen LogP contribution in [-0.2, 0) is 27.9 Å². The molecule has 2 amide bonds. The summed E-state index contributed by atoms with van der Waals surface area (Å²) in [5.41, 5.74) is 2.69. The number of aryl methyl sites for hydroxylation is 1. The number of rotatable bonds is 3. The Morgan fingerprint density at radius 1 is 0.909 bits per heavy atom. The normalized spacial score (nSPS) is 13.2. The first-order chi connectivity index (χ1) is 15.8. The third-order valence-electron chi connectivity index (χ3n) is 5.31. The molecule has 0 unspecified atom stereocenters. The zero-order chi connectivity index (χ0) is 24.0. The monoisotopic (exact) mass is 452 g/mol. The van der Waals surface area contributed by atoms with Gasteiger partial charge in [0, 0.05) is 62.7 Å². The minimum absolute atomic E-state index is 0.0335. The second-order valence-corrected chi connectivity index (χ2v) is 7.49. The molecule has 10 heteroatoms. The highest BCUT2D eigenvalue weighted by Crippen LogP contribution is 2.22. The van der Waals surface area contributed by atoms with E-state index < -0.39 is 11.9 Å². The zero-order valence-corrected chi connectivity index (χ0v) is 18.0. The molecule has 3 aromatic rings. The quantitative estimate of drug-likeness (QED) is 0.572. The lowest BCUT2D eigenvalue weighted by atomic mass is 10.1. The largest absolute Gasteiger partial charge is 0.473 e. The van der Waals surface area contributed by atoms with Crippen LogP contribution in [0.15, 0.2) is 55.0 Å². The van der Waals surface area contributed by atoms with Crippen molar-refractivity contribution in [1.29, 1.82) is 0 Å². The molecule has 1 aromatic carbocycles. The summed E-state index contributed by atoms with van der Waals surface area (Å²) in [5, 5.41) is 15.8. The number of amides is 2. The van der Waals surface area contributed by atoms with Crippen LogP contribution in [-0.4, -0.2) is 79.5 Å². The van der Waals surface area contributed by atoms with Gasteiger partial charge in [-0.3, -0.25) is 14.6 Å². The first-order valence-corrected chi connectivity index (χ1v) is 10.2. The van der Waals surface area contributed by atoms with Crippen molar-refractivity contribution in [1.82, 2.24) is 19.4 Å². The third kappa shape index (κ3) is 5.73. The summed E-state index contributed by atoms with van der Waals surface area (Å²) in [6, 6.07) is 11.7. The van der Waals surface area contributed by atoms with Crippen molar-refractivity contribution < 1.29 is 29.4 Å². The van der Waals surface area contributed by atoms with Gasteiger partial charge in [0.2, 0.25) is 5.91 Å². The predicted molar refractivity (Wildman–Crippen MR) is 119 cm³/mol. The molecule has 10 nitrogen and oxygen atoms in total. The van der Waals surface area contributed by atoms with Crippen LogP contribution in [0.5, 0.6) is 0 Å². The topological polar surface area (TPSA) is 133 Å². The Labute approximate surface area is 189 Å². The lowest BCUT2D eigenvalue weighted by molar-refractivity contribution is -0.159. The van der Waals surface area contributed by atoms with Crippen molar-refractivity contribution in [3.63, 3.8) is 0 Å². The molecule has 0 saturated carbocycles. The van der Waals surface area contributed by atoms with Crippen LogP contribution in [0.1, 0.15) is 15.9 Å². The van der Waals surface area contributed by atoms with Crippen molar-refractivity contribution in [2.75, 3.05) is 26.2 Å². The van der Waals surface area contributed by atoms with Crippen LogP contribution in [0.25, 0.3) is 10.9 Å². The Bertz CT molecular complexity index is 1150. The Morgan fingerprint density at radius 3 is 2.15 bits per heavy atom. The standard InChI is InChI=1S/C21H22N4O2.C2H2O4/c1-23-15-18(17-6-2-3-7-19(17)23)21(27)25-11-9-24(10-12-25)20(26)13-16-5-4-8-22-14-16;3-1(4)2(5)6/h2-8,14-15H,9-13H2,1H3;(H,3,4)(H,5,6). The molecule has 0 aliphatic carbocycles. The number of fused-ring (bicyclic) bond motifs is 1. The summed E-state index contributed by atoms with van der Waals surface area (Å²) >= 11 is 0. The fourth-order valence-electron chi connectivity index (χ4n) is 3.63. The SMILES string of the molecule is Cn1cc(C(=O)N2CCN(C(=O)Cc3cccnc3)CC2)c2ccccc21.O=C(O)C(=O)O. The fraction of sp³-hybridized carbons (Fsp3) is 0.261. The minimum Gasteiger partial charge on any atom is -0.473 e. The fourth-order valence-corrected chi connectivity index (χ4v) is 3.63. The molecule has 0 bridgehead atoms. The molecule has 0 spiro atoms. The van der Waals surface area contributed by atoms with Crippen molar-refractivity contribution in [3.05, 3.63) is 66.1 Å². The number of carbonyl (C=O) groups is 4. The molecule has 1 aliphatic heterocycles. The summed E-state index contributed by atoms with van der Waals surface area (Å²) < 4.78 is 1.98. The van der Waals surface area contributed by atoms with Gasteiger partial charge in [0.05, 0.1) is 12.0 Å². The number of carbonyl (C=O) groups excluding carboxylic acids is 2. The molecular weight excluding hydrogens is 428 g/mol. The number of para-hydroxylation sites is 1. The molecule has 1 fully saturated rings. The zero-order valence-electron chi connectivity index (χ0n) is 18.0. The van der Waals surface area contributed by atoms with E-state index in [2.05, 4.69) is 4.98 Å². The Hall–Kier alpha value is -4.21.